The van der Waals surface area contributed by atoms with Crippen LogP contribution in [0.2, 0.25) is 0 Å². The summed E-state index contributed by atoms with van der Waals surface area (Å²) >= 11 is 6.09. The molecule has 1 aliphatic heterocycles. The predicted octanol–water partition coefficient (Wildman–Crippen LogP) is 4.81. The fraction of sp³-hybridized carbons (Fsp3) is 0.0526. The van der Waals surface area contributed by atoms with Gasteiger partial charge in [-0.1, -0.05) is 45.9 Å². The van der Waals surface area contributed by atoms with Crippen LogP contribution in [0.5, 0.6) is 5.75 Å². The van der Waals surface area contributed by atoms with Crippen LogP contribution in [0.4, 0.5) is 0 Å². The summed E-state index contributed by atoms with van der Waals surface area (Å²) in [5.41, 5.74) is 3.76. The van der Waals surface area contributed by atoms with E-state index in [0.29, 0.717) is 16.0 Å². The molecule has 27 heavy (non-hydrogen) atoms. The van der Waals surface area contributed by atoms with Crippen molar-refractivity contribution in [2.75, 3.05) is 0 Å². The molecule has 2 N–H and O–H groups in total. The number of thiophene rings is 1. The number of amides is 2. The highest BCUT2D eigenvalue weighted by molar-refractivity contribution is 9.10. The van der Waals surface area contributed by atoms with E-state index in [9.17, 15) is 14.7 Å². The second-order valence-corrected chi connectivity index (χ2v) is 8.75. The standard InChI is InChI=1S/C19H13BrN2O3S2/c20-11-7-8-14(23)13(10-11)19-22(21-17(24)16-6-3-9-26-16)18(25)12-4-1-2-5-15(12)27-19/h1-10,19,23H,(H,21,24). The minimum Gasteiger partial charge on any atom is -0.508 e. The SMILES string of the molecule is O=C(NN1C(=O)c2ccccc2SC1c1cc(Br)ccc1O)c1cccs1. The van der Waals surface area contributed by atoms with Gasteiger partial charge in [0, 0.05) is 14.9 Å². The summed E-state index contributed by atoms with van der Waals surface area (Å²) in [7, 11) is 0. The summed E-state index contributed by atoms with van der Waals surface area (Å²) in [5, 5.41) is 12.9. The molecule has 0 spiro atoms. The number of hydrazine groups is 1. The van der Waals surface area contributed by atoms with Crippen molar-refractivity contribution in [3.63, 3.8) is 0 Å². The molecule has 1 aliphatic rings. The first-order valence-electron chi connectivity index (χ1n) is 7.97. The Morgan fingerprint density at radius 2 is 1.96 bits per heavy atom. The number of hydrogen-bond donors (Lipinski definition) is 2. The molecule has 2 amide bonds. The molecule has 8 heteroatoms. The number of phenols is 1. The summed E-state index contributed by atoms with van der Waals surface area (Å²) in [6.07, 6.45) is 0. The molecule has 0 aliphatic carbocycles. The lowest BCUT2D eigenvalue weighted by Crippen LogP contribution is -2.49. The molecule has 0 saturated carbocycles. The minimum absolute atomic E-state index is 0.0539. The van der Waals surface area contributed by atoms with E-state index in [-0.39, 0.29) is 17.6 Å². The Morgan fingerprint density at radius 1 is 1.15 bits per heavy atom. The van der Waals surface area contributed by atoms with Crippen LogP contribution in [0.1, 0.15) is 31.0 Å². The zero-order chi connectivity index (χ0) is 19.0. The maximum Gasteiger partial charge on any atom is 0.279 e. The fourth-order valence-electron chi connectivity index (χ4n) is 2.76. The number of nitrogens with zero attached hydrogens (tertiary/aromatic N) is 1. The number of nitrogens with one attached hydrogen (secondary N) is 1. The zero-order valence-corrected chi connectivity index (χ0v) is 17.0. The first-order valence-corrected chi connectivity index (χ1v) is 10.5. The number of rotatable bonds is 3. The Labute approximate surface area is 172 Å². The Morgan fingerprint density at radius 3 is 2.74 bits per heavy atom. The average Bonchev–Trinajstić information content (AvgIpc) is 3.21. The Bertz CT molecular complexity index is 1020. The number of benzene rings is 2. The van der Waals surface area contributed by atoms with Crippen molar-refractivity contribution in [1.82, 2.24) is 10.4 Å². The second kappa shape index (κ2) is 7.38. The van der Waals surface area contributed by atoms with E-state index < -0.39 is 5.37 Å². The summed E-state index contributed by atoms with van der Waals surface area (Å²) in [6, 6.07) is 15.7. The summed E-state index contributed by atoms with van der Waals surface area (Å²) in [6.45, 7) is 0. The molecule has 1 unspecified atom stereocenters. The van der Waals surface area contributed by atoms with Gasteiger partial charge in [-0.2, -0.15) is 0 Å². The second-order valence-electron chi connectivity index (χ2n) is 5.76. The normalized spacial score (nSPS) is 16.1. The van der Waals surface area contributed by atoms with Gasteiger partial charge in [0.2, 0.25) is 0 Å². The van der Waals surface area contributed by atoms with Crippen LogP contribution in [0, 0.1) is 0 Å². The lowest BCUT2D eigenvalue weighted by atomic mass is 10.1. The molecule has 0 fully saturated rings. The van der Waals surface area contributed by atoms with E-state index in [1.54, 1.807) is 47.8 Å². The van der Waals surface area contributed by atoms with E-state index in [1.165, 1.54) is 28.1 Å². The highest BCUT2D eigenvalue weighted by Gasteiger charge is 2.36. The first kappa shape index (κ1) is 18.1. The van der Waals surface area contributed by atoms with Crippen molar-refractivity contribution in [2.24, 2.45) is 0 Å². The van der Waals surface area contributed by atoms with Crippen molar-refractivity contribution in [3.8, 4) is 5.75 Å². The first-order chi connectivity index (χ1) is 13.0. The molecule has 5 nitrogen and oxygen atoms in total. The van der Waals surface area contributed by atoms with E-state index in [2.05, 4.69) is 21.4 Å². The maximum atomic E-state index is 13.1. The van der Waals surface area contributed by atoms with Gasteiger partial charge in [0.25, 0.3) is 11.8 Å². The van der Waals surface area contributed by atoms with Gasteiger partial charge in [-0.3, -0.25) is 15.0 Å². The smallest absolute Gasteiger partial charge is 0.279 e. The molecule has 0 radical (unpaired) electrons. The third-order valence-corrected chi connectivity index (χ3v) is 6.69. The van der Waals surface area contributed by atoms with Gasteiger partial charge in [0.15, 0.2) is 0 Å². The van der Waals surface area contributed by atoms with E-state index in [0.717, 1.165) is 9.37 Å². The highest BCUT2D eigenvalue weighted by atomic mass is 79.9. The largest absolute Gasteiger partial charge is 0.508 e. The lowest BCUT2D eigenvalue weighted by Gasteiger charge is -2.36. The van der Waals surface area contributed by atoms with Gasteiger partial charge >= 0.3 is 0 Å². The summed E-state index contributed by atoms with van der Waals surface area (Å²) < 4.78 is 0.770. The molecule has 3 aromatic rings. The molecule has 1 aromatic heterocycles. The van der Waals surface area contributed by atoms with Gasteiger partial charge in [-0.15, -0.1) is 11.3 Å². The number of fused-ring (bicyclic) bond motifs is 1. The van der Waals surface area contributed by atoms with Crippen molar-refractivity contribution in [1.29, 1.82) is 0 Å². The number of aromatic hydroxyl groups is 1. The third-order valence-electron chi connectivity index (χ3n) is 4.03. The van der Waals surface area contributed by atoms with Gasteiger partial charge in [-0.05, 0) is 41.8 Å². The van der Waals surface area contributed by atoms with Gasteiger partial charge < -0.3 is 5.11 Å². The Kier molecular flexibility index (Phi) is 4.94. The Hall–Kier alpha value is -2.29. The Balaban J connectivity index is 1.77. The topological polar surface area (TPSA) is 69.6 Å². The predicted molar refractivity (Wildman–Crippen MR) is 109 cm³/mol. The molecule has 0 saturated heterocycles. The number of carbonyl (C=O) groups excluding carboxylic acids is 2. The van der Waals surface area contributed by atoms with Crippen LogP contribution in [-0.2, 0) is 0 Å². The van der Waals surface area contributed by atoms with Crippen LogP contribution < -0.4 is 5.43 Å². The molecule has 0 bridgehead atoms. The monoisotopic (exact) mass is 460 g/mol. The fourth-order valence-corrected chi connectivity index (χ4v) is 5.00. The number of carbonyl (C=O) groups is 2. The van der Waals surface area contributed by atoms with Crippen LogP contribution in [0.25, 0.3) is 0 Å². The zero-order valence-electron chi connectivity index (χ0n) is 13.8. The third kappa shape index (κ3) is 3.47. The molecule has 4 rings (SSSR count). The molecule has 2 heterocycles. The quantitative estimate of drug-likeness (QED) is 0.588. The maximum absolute atomic E-state index is 13.1. The van der Waals surface area contributed by atoms with Gasteiger partial charge in [-0.25, -0.2) is 5.01 Å². The van der Waals surface area contributed by atoms with Gasteiger partial charge in [0.05, 0.1) is 10.4 Å². The molecule has 136 valence electrons. The van der Waals surface area contributed by atoms with Crippen molar-refractivity contribution in [2.45, 2.75) is 10.3 Å². The van der Waals surface area contributed by atoms with Crippen molar-refractivity contribution in [3.05, 3.63) is 80.5 Å². The lowest BCUT2D eigenvalue weighted by molar-refractivity contribution is 0.0547. The van der Waals surface area contributed by atoms with Gasteiger partial charge in [0.1, 0.15) is 11.1 Å². The number of halogens is 1. The summed E-state index contributed by atoms with van der Waals surface area (Å²) in [5.74, 6) is -0.630. The van der Waals surface area contributed by atoms with Crippen molar-refractivity contribution >= 4 is 50.8 Å². The van der Waals surface area contributed by atoms with Crippen LogP contribution >= 0.6 is 39.0 Å². The number of hydrogen-bond acceptors (Lipinski definition) is 5. The molecule has 2 aromatic carbocycles. The summed E-state index contributed by atoms with van der Waals surface area (Å²) in [4.78, 5) is 27.0. The molecule has 1 atom stereocenters. The minimum atomic E-state index is -0.603. The number of phenolic OH excluding ortho intramolecular Hbond substituents is 1. The molecular weight excluding hydrogens is 448 g/mol. The van der Waals surface area contributed by atoms with E-state index in [4.69, 9.17) is 0 Å². The van der Waals surface area contributed by atoms with E-state index in [1.807, 2.05) is 12.1 Å². The van der Waals surface area contributed by atoms with E-state index >= 15 is 0 Å². The average molecular weight is 461 g/mol. The van der Waals surface area contributed by atoms with Crippen LogP contribution in [0.3, 0.4) is 0 Å². The van der Waals surface area contributed by atoms with Crippen LogP contribution in [0.15, 0.2) is 69.3 Å². The van der Waals surface area contributed by atoms with Crippen LogP contribution in [-0.4, -0.2) is 21.9 Å². The highest BCUT2D eigenvalue weighted by Crippen LogP contribution is 2.46. The number of thioether (sulfide) groups is 1. The van der Waals surface area contributed by atoms with Crippen molar-refractivity contribution < 1.29 is 14.7 Å². The molecular formula is C19H13BrN2O3S2.